The molecule has 4 rings (SSSR count). The van der Waals surface area contributed by atoms with E-state index in [0.717, 1.165) is 0 Å². The average molecular weight is 563 g/mol. The molecule has 6 heteroatoms. The van der Waals surface area contributed by atoms with Crippen molar-refractivity contribution in [1.82, 2.24) is 0 Å². The highest BCUT2D eigenvalue weighted by Gasteiger charge is 2.06. The van der Waals surface area contributed by atoms with Gasteiger partial charge in [-0.15, -0.1) is 0 Å². The number of rotatable bonds is 0. The van der Waals surface area contributed by atoms with Crippen LogP contribution in [0.4, 0.5) is 26.3 Å². The van der Waals surface area contributed by atoms with Gasteiger partial charge < -0.3 is 0 Å². The summed E-state index contributed by atoms with van der Waals surface area (Å²) >= 11 is 0. The van der Waals surface area contributed by atoms with E-state index >= 15 is 0 Å². The van der Waals surface area contributed by atoms with Crippen molar-refractivity contribution in [2.45, 2.75) is 69.2 Å². The summed E-state index contributed by atoms with van der Waals surface area (Å²) < 4.78 is 75.6. The van der Waals surface area contributed by atoms with Crippen molar-refractivity contribution in [2.75, 3.05) is 0 Å². The van der Waals surface area contributed by atoms with Crippen LogP contribution >= 0.6 is 0 Å². The van der Waals surface area contributed by atoms with Crippen molar-refractivity contribution in [1.29, 1.82) is 0 Å². The first-order valence-electron chi connectivity index (χ1n) is 12.9. The highest BCUT2D eigenvalue weighted by molar-refractivity contribution is 5.25. The molecule has 0 saturated carbocycles. The van der Waals surface area contributed by atoms with E-state index in [0.29, 0.717) is 22.3 Å². The molecule has 0 spiro atoms. The normalized spacial score (nSPS) is 9.50. The fraction of sp³-hybridized carbons (Fsp3) is 0.294. The van der Waals surface area contributed by atoms with E-state index in [4.69, 9.17) is 0 Å². The van der Waals surface area contributed by atoms with Gasteiger partial charge in [0.2, 0.25) is 0 Å². The zero-order valence-corrected chi connectivity index (χ0v) is 25.0. The smallest absolute Gasteiger partial charge is 0.161 e. The van der Waals surface area contributed by atoms with Gasteiger partial charge in [0.15, 0.2) is 11.6 Å². The van der Waals surface area contributed by atoms with Crippen LogP contribution in [0.1, 0.15) is 58.4 Å². The molecule has 0 atom stereocenters. The molecule has 0 aliphatic heterocycles. The Morgan fingerprint density at radius 3 is 0.800 bits per heavy atom. The second-order valence-electron chi connectivity index (χ2n) is 9.19. The SMILES string of the molecule is CC.Cc1cc(F)c(C)c(F)c1.Cc1cc(F)c(C)c(F)c1.Cc1ccc(C)c(F)c1F.Cc1ccc(C)cc1. The van der Waals surface area contributed by atoms with E-state index in [2.05, 4.69) is 38.1 Å². The van der Waals surface area contributed by atoms with Crippen LogP contribution in [-0.2, 0) is 0 Å². The van der Waals surface area contributed by atoms with E-state index in [1.165, 1.54) is 63.1 Å². The van der Waals surface area contributed by atoms with Crippen LogP contribution in [0.3, 0.4) is 0 Å². The molecule has 218 valence electrons. The Kier molecular flexibility index (Phi) is 16.3. The van der Waals surface area contributed by atoms with Gasteiger partial charge in [0.05, 0.1) is 0 Å². The minimum absolute atomic E-state index is 0.0885. The van der Waals surface area contributed by atoms with E-state index in [1.54, 1.807) is 26.0 Å². The zero-order valence-electron chi connectivity index (χ0n) is 25.0. The quantitative estimate of drug-likeness (QED) is 0.187. The third-order valence-corrected chi connectivity index (χ3v) is 5.54. The van der Waals surface area contributed by atoms with Gasteiger partial charge in [0.25, 0.3) is 0 Å². The maximum atomic E-state index is 12.6. The molecule has 0 heterocycles. The molecule has 0 aliphatic rings. The lowest BCUT2D eigenvalue weighted by atomic mass is 10.1. The lowest BCUT2D eigenvalue weighted by molar-refractivity contribution is 0.497. The van der Waals surface area contributed by atoms with E-state index in [-0.39, 0.29) is 11.1 Å². The summed E-state index contributed by atoms with van der Waals surface area (Å²) in [5.74, 6) is -3.37. The first-order chi connectivity index (χ1) is 18.6. The summed E-state index contributed by atoms with van der Waals surface area (Å²) in [5.41, 5.74) is 4.76. The van der Waals surface area contributed by atoms with Crippen molar-refractivity contribution < 1.29 is 26.3 Å². The van der Waals surface area contributed by atoms with Gasteiger partial charge in [0.1, 0.15) is 23.3 Å². The first-order valence-corrected chi connectivity index (χ1v) is 12.9. The second-order valence-corrected chi connectivity index (χ2v) is 9.19. The molecule has 0 aliphatic carbocycles. The third kappa shape index (κ3) is 12.5. The van der Waals surface area contributed by atoms with Crippen LogP contribution in [0.2, 0.25) is 0 Å². The number of aryl methyl sites for hydroxylation is 6. The van der Waals surface area contributed by atoms with Crippen LogP contribution in [0.5, 0.6) is 0 Å². The Balaban J connectivity index is 0.000000498. The minimum Gasteiger partial charge on any atom is -0.207 e. The van der Waals surface area contributed by atoms with Crippen molar-refractivity contribution >= 4 is 0 Å². The van der Waals surface area contributed by atoms with Gasteiger partial charge in [-0.3, -0.25) is 0 Å². The van der Waals surface area contributed by atoms with Crippen LogP contribution in [0, 0.1) is 90.3 Å². The number of benzene rings is 4. The monoisotopic (exact) mass is 562 g/mol. The molecule has 0 aromatic heterocycles. The first kappa shape index (κ1) is 36.5. The van der Waals surface area contributed by atoms with Gasteiger partial charge in [0, 0.05) is 11.1 Å². The Labute approximate surface area is 235 Å². The van der Waals surface area contributed by atoms with Gasteiger partial charge in [-0.2, -0.15) is 0 Å². The van der Waals surface area contributed by atoms with Crippen LogP contribution in [0.15, 0.2) is 60.7 Å². The van der Waals surface area contributed by atoms with Gasteiger partial charge in [-0.1, -0.05) is 61.4 Å². The summed E-state index contributed by atoms with van der Waals surface area (Å²) in [4.78, 5) is 0. The predicted molar refractivity (Wildman–Crippen MR) is 155 cm³/mol. The predicted octanol–water partition coefficient (Wildman–Crippen LogP) is 11.1. The van der Waals surface area contributed by atoms with E-state index in [9.17, 15) is 26.3 Å². The molecule has 0 nitrogen and oxygen atoms in total. The lowest BCUT2D eigenvalue weighted by Gasteiger charge is -1.99. The Bertz CT molecular complexity index is 1190. The standard InChI is InChI=1S/3C8H8F2.C8H10.C2H6/c2*1-5-3-7(9)6(2)8(10)4-5;1-5-3-4-6(2)8(10)7(5)9;1-7-3-5-8(2)6-4-7;1-2/h3*3-4H,1-2H3;3-6H,1-2H3;1-2H3. The Morgan fingerprint density at radius 2 is 0.575 bits per heavy atom. The summed E-state index contributed by atoms with van der Waals surface area (Å²) in [5, 5.41) is 0. The fourth-order valence-corrected chi connectivity index (χ4v) is 2.92. The Hall–Kier alpha value is -3.54. The summed E-state index contributed by atoms with van der Waals surface area (Å²) in [7, 11) is 0. The molecular formula is C34H40F6. The topological polar surface area (TPSA) is 0 Å². The molecule has 0 radical (unpaired) electrons. The van der Waals surface area contributed by atoms with Crippen LogP contribution in [-0.4, -0.2) is 0 Å². The molecule has 0 amide bonds. The molecule has 0 bridgehead atoms. The Morgan fingerprint density at radius 1 is 0.350 bits per heavy atom. The maximum absolute atomic E-state index is 12.6. The van der Waals surface area contributed by atoms with Gasteiger partial charge in [-0.05, 0) is 102 Å². The molecule has 0 N–H and O–H groups in total. The minimum atomic E-state index is -0.736. The third-order valence-electron chi connectivity index (χ3n) is 5.54. The average Bonchev–Trinajstić information content (AvgIpc) is 2.91. The van der Waals surface area contributed by atoms with Crippen LogP contribution in [0.25, 0.3) is 0 Å². The molecular weight excluding hydrogens is 522 g/mol. The maximum Gasteiger partial charge on any atom is 0.161 e. The van der Waals surface area contributed by atoms with Crippen molar-refractivity contribution in [3.05, 3.63) is 140 Å². The van der Waals surface area contributed by atoms with E-state index < -0.39 is 34.9 Å². The lowest BCUT2D eigenvalue weighted by Crippen LogP contribution is -1.91. The summed E-state index contributed by atoms with van der Waals surface area (Å²) in [6.07, 6.45) is 0. The highest BCUT2D eigenvalue weighted by atomic mass is 19.2. The summed E-state index contributed by atoms with van der Waals surface area (Å²) in [6, 6.07) is 16.9. The largest absolute Gasteiger partial charge is 0.207 e. The number of halogens is 6. The molecule has 4 aromatic rings. The van der Waals surface area contributed by atoms with Crippen LogP contribution < -0.4 is 0 Å². The fourth-order valence-electron chi connectivity index (χ4n) is 2.92. The number of hydrogen-bond acceptors (Lipinski definition) is 0. The van der Waals surface area contributed by atoms with Gasteiger partial charge >= 0.3 is 0 Å². The van der Waals surface area contributed by atoms with Gasteiger partial charge in [-0.25, -0.2) is 26.3 Å². The van der Waals surface area contributed by atoms with Crippen molar-refractivity contribution in [3.63, 3.8) is 0 Å². The highest BCUT2D eigenvalue weighted by Crippen LogP contribution is 2.15. The van der Waals surface area contributed by atoms with E-state index in [1.807, 2.05) is 13.8 Å². The molecule has 0 unspecified atom stereocenters. The zero-order chi connectivity index (χ0) is 31.2. The molecule has 40 heavy (non-hydrogen) atoms. The number of hydrogen-bond donors (Lipinski definition) is 0. The molecule has 0 fully saturated rings. The molecule has 0 saturated heterocycles. The second kappa shape index (κ2) is 17.9. The molecule has 4 aromatic carbocycles. The van der Waals surface area contributed by atoms with Crippen molar-refractivity contribution in [3.8, 4) is 0 Å². The summed E-state index contributed by atoms with van der Waals surface area (Å²) in [6.45, 7) is 17.4. The van der Waals surface area contributed by atoms with Crippen molar-refractivity contribution in [2.24, 2.45) is 0 Å².